The third-order valence-corrected chi connectivity index (χ3v) is 8.82. The Balaban J connectivity index is 2.02. The third kappa shape index (κ3) is 3.45. The van der Waals surface area contributed by atoms with Gasteiger partial charge in [0.25, 0.3) is 0 Å². The van der Waals surface area contributed by atoms with Crippen molar-refractivity contribution in [1.82, 2.24) is 9.80 Å². The number of hydrogen-bond acceptors (Lipinski definition) is 6. The van der Waals surface area contributed by atoms with Crippen molar-refractivity contribution < 1.29 is 24.2 Å². The molecule has 3 heterocycles. The number of hydrogen-bond donors (Lipinski definition) is 1. The molecule has 0 saturated carbocycles. The van der Waals surface area contributed by atoms with Crippen LogP contribution in [0.3, 0.4) is 0 Å². The Bertz CT molecular complexity index is 716. The molecule has 5 atom stereocenters. The topological polar surface area (TPSA) is 87.2 Å². The Morgan fingerprint density at radius 2 is 2.13 bits per heavy atom. The standard InChI is InChI=1S/C22H34N2O5S/c1-5-8-12-23(11-6-2)19(27)17-22-10-9-21(4,30-22)16(20(28)29-7-3)15(22)18(26)24(17)13-14-25/h6,15-17,25H,2,5,7-14H2,1,3-4H3/t15-,16+,17?,21-,22?/m0/s1. The van der Waals surface area contributed by atoms with Crippen molar-refractivity contribution in [3.8, 4) is 0 Å². The Morgan fingerprint density at radius 1 is 1.40 bits per heavy atom. The Hall–Kier alpha value is -1.54. The molecule has 0 radical (unpaired) electrons. The first-order valence-corrected chi connectivity index (χ1v) is 11.8. The molecule has 3 saturated heterocycles. The first-order chi connectivity index (χ1) is 14.3. The van der Waals surface area contributed by atoms with Crippen LogP contribution in [0.4, 0.5) is 0 Å². The SMILES string of the molecule is C=CCN(CCCC)C(=O)C1N(CCO)C(=O)[C@@H]2[C@H](C(=O)OCC)[C@]3(C)CCC12S3. The smallest absolute Gasteiger partial charge is 0.311 e. The predicted octanol–water partition coefficient (Wildman–Crippen LogP) is 1.84. The highest BCUT2D eigenvalue weighted by atomic mass is 32.2. The molecule has 3 rings (SSSR count). The van der Waals surface area contributed by atoms with E-state index in [0.717, 1.165) is 19.3 Å². The number of carbonyl (C=O) groups excluding carboxylic acids is 3. The van der Waals surface area contributed by atoms with Gasteiger partial charge in [0.2, 0.25) is 11.8 Å². The molecule has 168 valence electrons. The van der Waals surface area contributed by atoms with E-state index in [2.05, 4.69) is 13.5 Å². The number of ether oxygens (including phenoxy) is 1. The number of thioether (sulfide) groups is 1. The molecule has 3 aliphatic heterocycles. The van der Waals surface area contributed by atoms with Gasteiger partial charge in [-0.1, -0.05) is 19.4 Å². The molecule has 7 nitrogen and oxygen atoms in total. The molecule has 2 unspecified atom stereocenters. The molecule has 1 spiro atoms. The molecule has 1 N–H and O–H groups in total. The van der Waals surface area contributed by atoms with Gasteiger partial charge in [-0.2, -0.15) is 0 Å². The monoisotopic (exact) mass is 438 g/mol. The van der Waals surface area contributed by atoms with Crippen LogP contribution < -0.4 is 0 Å². The second-order valence-electron chi connectivity index (χ2n) is 8.66. The lowest BCUT2D eigenvalue weighted by Gasteiger charge is -2.37. The zero-order chi connectivity index (χ0) is 22.1. The number of β-amino-alcohol motifs (C(OH)–C–C–N with tert-alkyl or cyclic N) is 1. The fourth-order valence-electron chi connectivity index (χ4n) is 5.61. The van der Waals surface area contributed by atoms with Crippen LogP contribution in [0.1, 0.15) is 46.5 Å². The second-order valence-corrected chi connectivity index (χ2v) is 10.6. The number of unbranched alkanes of at least 4 members (excludes halogenated alkanes) is 1. The molecule has 0 aromatic rings. The van der Waals surface area contributed by atoms with Crippen LogP contribution in [0.25, 0.3) is 0 Å². The lowest BCUT2D eigenvalue weighted by molar-refractivity contribution is -0.155. The molecule has 3 fully saturated rings. The van der Waals surface area contributed by atoms with Crippen molar-refractivity contribution in [2.75, 3.05) is 32.8 Å². The van der Waals surface area contributed by atoms with Crippen LogP contribution in [0.15, 0.2) is 12.7 Å². The molecular weight excluding hydrogens is 404 g/mol. The summed E-state index contributed by atoms with van der Waals surface area (Å²) in [6, 6.07) is -0.676. The van der Waals surface area contributed by atoms with Gasteiger partial charge in [-0.25, -0.2) is 0 Å². The van der Waals surface area contributed by atoms with E-state index in [1.165, 1.54) is 4.90 Å². The van der Waals surface area contributed by atoms with Gasteiger partial charge < -0.3 is 19.6 Å². The van der Waals surface area contributed by atoms with Gasteiger partial charge in [-0.05, 0) is 33.1 Å². The normalized spacial score (nSPS) is 34.2. The predicted molar refractivity (Wildman–Crippen MR) is 116 cm³/mol. The Labute approximate surface area is 183 Å². The molecule has 2 amide bonds. The van der Waals surface area contributed by atoms with E-state index in [4.69, 9.17) is 4.74 Å². The average molecular weight is 439 g/mol. The van der Waals surface area contributed by atoms with Gasteiger partial charge in [0, 0.05) is 24.4 Å². The zero-order valence-electron chi connectivity index (χ0n) is 18.3. The molecule has 30 heavy (non-hydrogen) atoms. The number of aliphatic hydroxyl groups excluding tert-OH is 1. The maximum absolute atomic E-state index is 13.8. The minimum atomic E-state index is -0.676. The Morgan fingerprint density at radius 3 is 2.73 bits per heavy atom. The second kappa shape index (κ2) is 8.91. The fraction of sp³-hybridized carbons (Fsp3) is 0.773. The van der Waals surface area contributed by atoms with Crippen LogP contribution in [-0.4, -0.2) is 81.1 Å². The average Bonchev–Trinajstić information content (AvgIpc) is 3.27. The van der Waals surface area contributed by atoms with E-state index in [1.807, 2.05) is 6.92 Å². The van der Waals surface area contributed by atoms with E-state index < -0.39 is 27.4 Å². The van der Waals surface area contributed by atoms with Gasteiger partial charge >= 0.3 is 5.97 Å². The summed E-state index contributed by atoms with van der Waals surface area (Å²) in [5, 5.41) is 9.63. The first-order valence-electron chi connectivity index (χ1n) is 11.0. The zero-order valence-corrected chi connectivity index (χ0v) is 19.1. The number of fused-ring (bicyclic) bond motifs is 1. The highest BCUT2D eigenvalue weighted by Gasteiger charge is 2.77. The van der Waals surface area contributed by atoms with E-state index >= 15 is 0 Å². The highest BCUT2D eigenvalue weighted by Crippen LogP contribution is 2.71. The number of esters is 1. The van der Waals surface area contributed by atoms with Gasteiger partial charge in [0.15, 0.2) is 0 Å². The lowest BCUT2D eigenvalue weighted by Crippen LogP contribution is -2.55. The number of nitrogens with zero attached hydrogens (tertiary/aromatic N) is 2. The molecule has 0 aromatic carbocycles. The molecular formula is C22H34N2O5S. The number of likely N-dealkylation sites (tertiary alicyclic amines) is 1. The summed E-state index contributed by atoms with van der Waals surface area (Å²) < 4.78 is 4.28. The minimum absolute atomic E-state index is 0.0933. The van der Waals surface area contributed by atoms with Crippen molar-refractivity contribution in [3.05, 3.63) is 12.7 Å². The molecule has 8 heteroatoms. The maximum atomic E-state index is 13.8. The number of amides is 2. The Kier molecular flexibility index (Phi) is 6.87. The van der Waals surface area contributed by atoms with Crippen LogP contribution in [0, 0.1) is 11.8 Å². The summed E-state index contributed by atoms with van der Waals surface area (Å²) in [5.41, 5.74) is 0. The number of aliphatic hydroxyl groups is 1. The van der Waals surface area contributed by atoms with Crippen LogP contribution >= 0.6 is 11.8 Å². The molecule has 3 aliphatic rings. The third-order valence-electron chi connectivity index (χ3n) is 6.83. The van der Waals surface area contributed by atoms with E-state index in [-0.39, 0.29) is 37.5 Å². The highest BCUT2D eigenvalue weighted by molar-refractivity contribution is 8.02. The molecule has 0 aliphatic carbocycles. The number of carbonyl (C=O) groups is 3. The summed E-state index contributed by atoms with van der Waals surface area (Å²) in [7, 11) is 0. The van der Waals surface area contributed by atoms with E-state index in [9.17, 15) is 19.5 Å². The first kappa shape index (κ1) is 23.1. The minimum Gasteiger partial charge on any atom is -0.466 e. The quantitative estimate of drug-likeness (QED) is 0.414. The van der Waals surface area contributed by atoms with Gasteiger partial charge in [-0.3, -0.25) is 14.4 Å². The number of rotatable bonds is 10. The van der Waals surface area contributed by atoms with Crippen molar-refractivity contribution >= 4 is 29.5 Å². The van der Waals surface area contributed by atoms with Crippen molar-refractivity contribution in [2.45, 2.75) is 62.0 Å². The van der Waals surface area contributed by atoms with Gasteiger partial charge in [-0.15, -0.1) is 18.3 Å². The van der Waals surface area contributed by atoms with E-state index in [0.29, 0.717) is 19.5 Å². The maximum Gasteiger partial charge on any atom is 0.311 e. The van der Waals surface area contributed by atoms with Gasteiger partial charge in [0.1, 0.15) is 6.04 Å². The van der Waals surface area contributed by atoms with Crippen LogP contribution in [0.2, 0.25) is 0 Å². The summed E-state index contributed by atoms with van der Waals surface area (Å²) in [6.45, 7) is 10.8. The van der Waals surface area contributed by atoms with E-state index in [1.54, 1.807) is 29.7 Å². The van der Waals surface area contributed by atoms with Crippen molar-refractivity contribution in [1.29, 1.82) is 0 Å². The largest absolute Gasteiger partial charge is 0.466 e. The summed E-state index contributed by atoms with van der Waals surface area (Å²) in [4.78, 5) is 43.5. The van der Waals surface area contributed by atoms with Crippen molar-refractivity contribution in [2.24, 2.45) is 11.8 Å². The summed E-state index contributed by atoms with van der Waals surface area (Å²) in [5.74, 6) is -1.80. The fourth-order valence-corrected chi connectivity index (χ4v) is 7.95. The van der Waals surface area contributed by atoms with Crippen molar-refractivity contribution in [3.63, 3.8) is 0 Å². The van der Waals surface area contributed by atoms with Crippen LogP contribution in [0.5, 0.6) is 0 Å². The molecule has 0 aromatic heterocycles. The lowest BCUT2D eigenvalue weighted by atomic mass is 9.66. The van der Waals surface area contributed by atoms with Crippen LogP contribution in [-0.2, 0) is 19.1 Å². The molecule has 2 bridgehead atoms. The summed E-state index contributed by atoms with van der Waals surface area (Å²) >= 11 is 1.62. The summed E-state index contributed by atoms with van der Waals surface area (Å²) in [6.07, 6.45) is 4.99. The van der Waals surface area contributed by atoms with Gasteiger partial charge in [0.05, 0.1) is 29.8 Å².